The molecule has 0 amide bonds. The van der Waals surface area contributed by atoms with Gasteiger partial charge in [-0.25, -0.2) is 4.98 Å². The van der Waals surface area contributed by atoms with Crippen molar-refractivity contribution in [1.29, 1.82) is 0 Å². The number of thiazole rings is 1. The first-order valence-electron chi connectivity index (χ1n) is 5.59. The van der Waals surface area contributed by atoms with Gasteiger partial charge in [0.05, 0.1) is 17.3 Å². The molecule has 0 radical (unpaired) electrons. The molecule has 0 spiro atoms. The molecule has 16 heavy (non-hydrogen) atoms. The minimum atomic E-state index is 0.156. The van der Waals surface area contributed by atoms with Gasteiger partial charge < -0.3 is 10.1 Å². The Morgan fingerprint density at radius 2 is 2.19 bits per heavy atom. The van der Waals surface area contributed by atoms with E-state index in [1.807, 2.05) is 5.51 Å². The summed E-state index contributed by atoms with van der Waals surface area (Å²) in [6.45, 7) is 9.55. The van der Waals surface area contributed by atoms with Gasteiger partial charge in [-0.15, -0.1) is 11.3 Å². The molecule has 0 saturated heterocycles. The van der Waals surface area contributed by atoms with E-state index in [-0.39, 0.29) is 17.6 Å². The lowest BCUT2D eigenvalue weighted by molar-refractivity contribution is 0.0159. The molecule has 2 atom stereocenters. The van der Waals surface area contributed by atoms with Crippen LogP contribution in [0.3, 0.4) is 0 Å². The van der Waals surface area contributed by atoms with Crippen molar-refractivity contribution in [3.63, 3.8) is 0 Å². The quantitative estimate of drug-likeness (QED) is 0.862. The van der Waals surface area contributed by atoms with Crippen LogP contribution in [0.5, 0.6) is 0 Å². The van der Waals surface area contributed by atoms with Crippen LogP contribution in [0.1, 0.15) is 39.4 Å². The number of nitrogens with one attached hydrogen (secondary N) is 1. The second kappa shape index (κ2) is 5.75. The maximum absolute atomic E-state index is 5.50. The van der Waals surface area contributed by atoms with E-state index in [1.165, 1.54) is 0 Å². The summed E-state index contributed by atoms with van der Waals surface area (Å²) < 4.78 is 5.50. The van der Waals surface area contributed by atoms with E-state index in [4.69, 9.17) is 4.74 Å². The molecule has 0 aromatic carbocycles. The third-order valence-corrected chi connectivity index (χ3v) is 3.36. The molecule has 0 aliphatic carbocycles. The molecule has 1 aromatic heterocycles. The Morgan fingerprint density at radius 1 is 1.50 bits per heavy atom. The summed E-state index contributed by atoms with van der Waals surface area (Å²) in [7, 11) is 1.77. The molecule has 0 saturated carbocycles. The smallest absolute Gasteiger partial charge is 0.0795 e. The van der Waals surface area contributed by atoms with Crippen LogP contribution < -0.4 is 5.32 Å². The Kier molecular flexibility index (Phi) is 4.89. The highest BCUT2D eigenvalue weighted by atomic mass is 32.1. The number of aromatic nitrogens is 1. The molecular weight excluding hydrogens is 220 g/mol. The number of rotatable bonds is 5. The molecule has 1 N–H and O–H groups in total. The van der Waals surface area contributed by atoms with Crippen molar-refractivity contribution in [2.75, 3.05) is 13.7 Å². The number of ether oxygens (including phenoxy) is 1. The highest BCUT2D eigenvalue weighted by Gasteiger charge is 2.24. The molecule has 0 fully saturated rings. The number of hydrogen-bond donors (Lipinski definition) is 1. The van der Waals surface area contributed by atoms with E-state index in [0.29, 0.717) is 0 Å². The summed E-state index contributed by atoms with van der Waals surface area (Å²) in [6, 6.07) is 0.284. The van der Waals surface area contributed by atoms with Gasteiger partial charge in [-0.3, -0.25) is 0 Å². The van der Waals surface area contributed by atoms with Gasteiger partial charge in [0.15, 0.2) is 0 Å². The zero-order valence-corrected chi connectivity index (χ0v) is 11.6. The van der Waals surface area contributed by atoms with Crippen LogP contribution in [0.4, 0.5) is 0 Å². The summed E-state index contributed by atoms with van der Waals surface area (Å²) in [5, 5.41) is 5.54. The van der Waals surface area contributed by atoms with Gasteiger partial charge in [0, 0.05) is 25.1 Å². The Labute approximate surface area is 102 Å². The first-order valence-corrected chi connectivity index (χ1v) is 6.53. The summed E-state index contributed by atoms with van der Waals surface area (Å²) in [6.07, 6.45) is 0.216. The number of methoxy groups -OCH3 is 1. The van der Waals surface area contributed by atoms with Crippen LogP contribution in [-0.2, 0) is 4.74 Å². The molecule has 4 heteroatoms. The Hall–Kier alpha value is -0.450. The van der Waals surface area contributed by atoms with Crippen LogP contribution in [-0.4, -0.2) is 24.7 Å². The number of hydrogen-bond acceptors (Lipinski definition) is 4. The zero-order valence-electron chi connectivity index (χ0n) is 10.8. The Balaban J connectivity index is 2.44. The highest BCUT2D eigenvalue weighted by Crippen LogP contribution is 2.22. The third kappa shape index (κ3) is 3.85. The van der Waals surface area contributed by atoms with Crippen LogP contribution in [0.25, 0.3) is 0 Å². The molecule has 0 aliphatic rings. The maximum Gasteiger partial charge on any atom is 0.0795 e. The molecule has 1 rings (SSSR count). The average Bonchev–Trinajstić information content (AvgIpc) is 2.68. The van der Waals surface area contributed by atoms with Crippen molar-refractivity contribution in [2.24, 2.45) is 5.41 Å². The lowest BCUT2D eigenvalue weighted by atomic mass is 9.89. The van der Waals surface area contributed by atoms with Crippen LogP contribution in [0.2, 0.25) is 0 Å². The van der Waals surface area contributed by atoms with Crippen molar-refractivity contribution in [1.82, 2.24) is 10.3 Å². The lowest BCUT2D eigenvalue weighted by Crippen LogP contribution is -2.39. The van der Waals surface area contributed by atoms with Gasteiger partial charge >= 0.3 is 0 Å². The molecule has 92 valence electrons. The van der Waals surface area contributed by atoms with E-state index in [9.17, 15) is 0 Å². The van der Waals surface area contributed by atoms with Gasteiger partial charge in [-0.2, -0.15) is 0 Å². The maximum atomic E-state index is 5.50. The average molecular weight is 242 g/mol. The SMILES string of the molecule is COC(CNC(C)c1cscn1)C(C)(C)C. The van der Waals surface area contributed by atoms with E-state index < -0.39 is 0 Å². The molecule has 1 heterocycles. The fourth-order valence-electron chi connectivity index (χ4n) is 1.57. The van der Waals surface area contributed by atoms with Crippen molar-refractivity contribution >= 4 is 11.3 Å². The lowest BCUT2D eigenvalue weighted by Gasteiger charge is -2.30. The molecule has 0 aliphatic heterocycles. The molecule has 2 unspecified atom stereocenters. The van der Waals surface area contributed by atoms with Gasteiger partial charge in [0.1, 0.15) is 0 Å². The van der Waals surface area contributed by atoms with Crippen molar-refractivity contribution in [3.05, 3.63) is 16.6 Å². The second-order valence-electron chi connectivity index (χ2n) is 5.13. The van der Waals surface area contributed by atoms with Crippen LogP contribution >= 0.6 is 11.3 Å². The predicted octanol–water partition coefficient (Wildman–Crippen LogP) is 2.85. The topological polar surface area (TPSA) is 34.1 Å². The van der Waals surface area contributed by atoms with E-state index in [1.54, 1.807) is 18.4 Å². The van der Waals surface area contributed by atoms with E-state index in [0.717, 1.165) is 12.2 Å². The van der Waals surface area contributed by atoms with Crippen molar-refractivity contribution in [2.45, 2.75) is 39.8 Å². The number of nitrogens with zero attached hydrogens (tertiary/aromatic N) is 1. The first kappa shape index (κ1) is 13.6. The molecular formula is C12H22N2OS. The van der Waals surface area contributed by atoms with Crippen molar-refractivity contribution in [3.8, 4) is 0 Å². The van der Waals surface area contributed by atoms with Crippen molar-refractivity contribution < 1.29 is 4.74 Å². The fourth-order valence-corrected chi connectivity index (χ4v) is 2.22. The summed E-state index contributed by atoms with van der Waals surface area (Å²) in [5.41, 5.74) is 3.13. The molecule has 0 bridgehead atoms. The first-order chi connectivity index (χ1) is 7.45. The summed E-state index contributed by atoms with van der Waals surface area (Å²) >= 11 is 1.63. The van der Waals surface area contributed by atoms with E-state index >= 15 is 0 Å². The summed E-state index contributed by atoms with van der Waals surface area (Å²) in [4.78, 5) is 4.30. The third-order valence-electron chi connectivity index (χ3n) is 2.75. The minimum absolute atomic E-state index is 0.156. The van der Waals surface area contributed by atoms with Crippen LogP contribution in [0.15, 0.2) is 10.9 Å². The fraction of sp³-hybridized carbons (Fsp3) is 0.750. The molecule has 1 aromatic rings. The van der Waals surface area contributed by atoms with Gasteiger partial charge in [0.2, 0.25) is 0 Å². The van der Waals surface area contributed by atoms with Gasteiger partial charge in [-0.1, -0.05) is 20.8 Å². The second-order valence-corrected chi connectivity index (χ2v) is 5.85. The van der Waals surface area contributed by atoms with E-state index in [2.05, 4.69) is 43.4 Å². The standard InChI is InChI=1S/C12H22N2OS/c1-9(10-7-16-8-14-10)13-6-11(15-5)12(2,3)4/h7-9,11,13H,6H2,1-5H3. The summed E-state index contributed by atoms with van der Waals surface area (Å²) in [5.74, 6) is 0. The van der Waals surface area contributed by atoms with Gasteiger partial charge in [-0.05, 0) is 12.3 Å². The van der Waals surface area contributed by atoms with Gasteiger partial charge in [0.25, 0.3) is 0 Å². The monoisotopic (exact) mass is 242 g/mol. The Bertz CT molecular complexity index is 292. The molecule has 3 nitrogen and oxygen atoms in total. The highest BCUT2D eigenvalue weighted by molar-refractivity contribution is 7.07. The Morgan fingerprint density at radius 3 is 2.62 bits per heavy atom. The van der Waals surface area contributed by atoms with Crippen LogP contribution in [0, 0.1) is 5.41 Å². The predicted molar refractivity (Wildman–Crippen MR) is 68.8 cm³/mol. The zero-order chi connectivity index (χ0) is 12.2. The largest absolute Gasteiger partial charge is 0.380 e. The minimum Gasteiger partial charge on any atom is -0.380 e. The normalized spacial score (nSPS) is 16.1.